The molecule has 6 heteroatoms. The van der Waals surface area contributed by atoms with Crippen LogP contribution in [0.2, 0.25) is 0 Å². The number of halogens is 3. The van der Waals surface area contributed by atoms with Crippen LogP contribution < -0.4 is 0 Å². The summed E-state index contributed by atoms with van der Waals surface area (Å²) in [5.74, 6) is -0.198. The number of rotatable bonds is 7. The Balaban J connectivity index is 2.66. The summed E-state index contributed by atoms with van der Waals surface area (Å²) in [6.45, 7) is 3.73. The van der Waals surface area contributed by atoms with E-state index in [-0.39, 0.29) is 18.3 Å². The first-order valence-corrected chi connectivity index (χ1v) is 6.12. The van der Waals surface area contributed by atoms with Crippen molar-refractivity contribution in [1.29, 1.82) is 0 Å². The number of hydrogen-bond donors (Lipinski definition) is 0. The van der Waals surface area contributed by atoms with E-state index in [2.05, 4.69) is 0 Å². The lowest BCUT2D eigenvalue weighted by Crippen LogP contribution is -2.13. The minimum Gasteiger partial charge on any atom is -0.374 e. The summed E-state index contributed by atoms with van der Waals surface area (Å²) < 4.78 is 30.5. The maximum Gasteiger partial charge on any atom is 0.261 e. The summed E-state index contributed by atoms with van der Waals surface area (Å²) in [5, 5.41) is 0. The van der Waals surface area contributed by atoms with Crippen LogP contribution in [0, 0.1) is 13.8 Å². The number of alkyl halides is 3. The molecule has 0 aliphatic rings. The fourth-order valence-electron chi connectivity index (χ4n) is 1.83. The molecule has 1 rings (SSSR count). The molecule has 0 atom stereocenters. The molecule has 0 amide bonds. The number of carbonyl (C=O) groups is 1. The molecular formula is C12H16ClF2NO2. The van der Waals surface area contributed by atoms with Crippen molar-refractivity contribution in [3.63, 3.8) is 0 Å². The number of Topliss-reactive ketones (excluding diaryl/α,β-unsaturated/α-hetero) is 1. The van der Waals surface area contributed by atoms with Gasteiger partial charge in [0.05, 0.1) is 12.5 Å². The SMILES string of the molecule is Cc1cc(C(=O)CCl)c(C)n1CCOCC(F)F. The Kier molecular flexibility index (Phi) is 5.75. The van der Waals surface area contributed by atoms with E-state index in [1.54, 1.807) is 13.0 Å². The second-order valence-electron chi connectivity index (χ2n) is 3.96. The van der Waals surface area contributed by atoms with Crippen LogP contribution in [0.3, 0.4) is 0 Å². The van der Waals surface area contributed by atoms with Gasteiger partial charge in [0, 0.05) is 23.5 Å². The standard InChI is InChI=1S/C12H16ClF2NO2/c1-8-5-10(11(17)6-13)9(2)16(8)3-4-18-7-12(14)15/h5,12H,3-4,6-7H2,1-2H3. The van der Waals surface area contributed by atoms with Crippen LogP contribution in [0.25, 0.3) is 0 Å². The minimum atomic E-state index is -2.45. The first-order valence-electron chi connectivity index (χ1n) is 5.59. The van der Waals surface area contributed by atoms with E-state index in [1.807, 2.05) is 11.5 Å². The van der Waals surface area contributed by atoms with Crippen molar-refractivity contribution in [2.45, 2.75) is 26.8 Å². The average molecular weight is 280 g/mol. The lowest BCUT2D eigenvalue weighted by Gasteiger charge is -2.10. The molecule has 0 aliphatic carbocycles. The molecule has 0 N–H and O–H groups in total. The van der Waals surface area contributed by atoms with Gasteiger partial charge in [-0.15, -0.1) is 11.6 Å². The van der Waals surface area contributed by atoms with Crippen molar-refractivity contribution >= 4 is 17.4 Å². The Morgan fingerprint density at radius 2 is 2.17 bits per heavy atom. The molecule has 3 nitrogen and oxygen atoms in total. The van der Waals surface area contributed by atoms with Gasteiger partial charge in [-0.1, -0.05) is 0 Å². The highest BCUT2D eigenvalue weighted by molar-refractivity contribution is 6.30. The van der Waals surface area contributed by atoms with E-state index in [9.17, 15) is 13.6 Å². The van der Waals surface area contributed by atoms with Crippen LogP contribution in [-0.2, 0) is 11.3 Å². The molecule has 0 saturated carbocycles. The van der Waals surface area contributed by atoms with E-state index < -0.39 is 13.0 Å². The molecule has 0 bridgehead atoms. The molecular weight excluding hydrogens is 264 g/mol. The zero-order valence-corrected chi connectivity index (χ0v) is 11.1. The van der Waals surface area contributed by atoms with Crippen molar-refractivity contribution in [2.75, 3.05) is 19.1 Å². The topological polar surface area (TPSA) is 31.2 Å². The molecule has 1 heterocycles. The van der Waals surface area contributed by atoms with Crippen LogP contribution >= 0.6 is 11.6 Å². The molecule has 18 heavy (non-hydrogen) atoms. The monoisotopic (exact) mass is 279 g/mol. The average Bonchev–Trinajstić information content (AvgIpc) is 2.60. The Hall–Kier alpha value is -0.940. The molecule has 0 aromatic carbocycles. The normalized spacial score (nSPS) is 11.2. The van der Waals surface area contributed by atoms with Gasteiger partial charge in [-0.25, -0.2) is 8.78 Å². The largest absolute Gasteiger partial charge is 0.374 e. The number of hydrogen-bond acceptors (Lipinski definition) is 2. The van der Waals surface area contributed by atoms with E-state index in [4.69, 9.17) is 16.3 Å². The third-order valence-corrected chi connectivity index (χ3v) is 2.94. The molecule has 0 fully saturated rings. The second-order valence-corrected chi connectivity index (χ2v) is 4.23. The molecule has 1 aromatic rings. The number of nitrogens with zero attached hydrogens (tertiary/aromatic N) is 1. The first kappa shape index (κ1) is 15.1. The third-order valence-electron chi connectivity index (χ3n) is 2.70. The highest BCUT2D eigenvalue weighted by atomic mass is 35.5. The van der Waals surface area contributed by atoms with Crippen LogP contribution in [0.15, 0.2) is 6.07 Å². The van der Waals surface area contributed by atoms with E-state index in [0.717, 1.165) is 11.4 Å². The number of ether oxygens (including phenoxy) is 1. The number of aromatic nitrogens is 1. The lowest BCUT2D eigenvalue weighted by atomic mass is 10.2. The number of carbonyl (C=O) groups excluding carboxylic acids is 1. The highest BCUT2D eigenvalue weighted by Gasteiger charge is 2.14. The summed E-state index contributed by atoms with van der Waals surface area (Å²) in [5.41, 5.74) is 2.26. The van der Waals surface area contributed by atoms with Crippen molar-refractivity contribution in [1.82, 2.24) is 4.57 Å². The van der Waals surface area contributed by atoms with Crippen molar-refractivity contribution < 1.29 is 18.3 Å². The predicted molar refractivity (Wildman–Crippen MR) is 65.8 cm³/mol. The highest BCUT2D eigenvalue weighted by Crippen LogP contribution is 2.16. The summed E-state index contributed by atoms with van der Waals surface area (Å²) >= 11 is 5.51. The summed E-state index contributed by atoms with van der Waals surface area (Å²) in [7, 11) is 0. The Morgan fingerprint density at radius 1 is 1.50 bits per heavy atom. The predicted octanol–water partition coefficient (Wildman–Crippen LogP) is 2.81. The molecule has 102 valence electrons. The lowest BCUT2D eigenvalue weighted by molar-refractivity contribution is 0.0146. The van der Waals surface area contributed by atoms with Crippen LogP contribution in [0.1, 0.15) is 21.7 Å². The quantitative estimate of drug-likeness (QED) is 0.437. The number of aryl methyl sites for hydroxylation is 1. The maximum atomic E-state index is 11.9. The molecule has 0 saturated heterocycles. The summed E-state index contributed by atoms with van der Waals surface area (Å²) in [6, 6.07) is 1.76. The van der Waals surface area contributed by atoms with E-state index in [0.29, 0.717) is 12.1 Å². The van der Waals surface area contributed by atoms with Gasteiger partial charge < -0.3 is 9.30 Å². The van der Waals surface area contributed by atoms with Gasteiger partial charge in [-0.3, -0.25) is 4.79 Å². The smallest absolute Gasteiger partial charge is 0.261 e. The Labute approximate surface area is 110 Å². The summed E-state index contributed by atoms with van der Waals surface area (Å²) in [4.78, 5) is 11.5. The van der Waals surface area contributed by atoms with E-state index >= 15 is 0 Å². The van der Waals surface area contributed by atoms with Gasteiger partial charge in [0.1, 0.15) is 6.61 Å². The summed E-state index contributed by atoms with van der Waals surface area (Å²) in [6.07, 6.45) is -2.45. The molecule has 1 aromatic heterocycles. The first-order chi connectivity index (χ1) is 8.47. The fourth-order valence-corrected chi connectivity index (χ4v) is 1.97. The van der Waals surface area contributed by atoms with Gasteiger partial charge in [0.15, 0.2) is 5.78 Å². The van der Waals surface area contributed by atoms with E-state index in [1.165, 1.54) is 0 Å². The van der Waals surface area contributed by atoms with Gasteiger partial charge in [-0.05, 0) is 19.9 Å². The van der Waals surface area contributed by atoms with Crippen molar-refractivity contribution in [3.05, 3.63) is 23.0 Å². The van der Waals surface area contributed by atoms with Crippen LogP contribution in [0.4, 0.5) is 8.78 Å². The zero-order valence-electron chi connectivity index (χ0n) is 10.4. The third kappa shape index (κ3) is 3.78. The molecule has 0 radical (unpaired) electrons. The van der Waals surface area contributed by atoms with Gasteiger partial charge in [0.25, 0.3) is 6.43 Å². The molecule has 0 aliphatic heterocycles. The zero-order chi connectivity index (χ0) is 13.7. The number of ketones is 1. The van der Waals surface area contributed by atoms with Gasteiger partial charge >= 0.3 is 0 Å². The molecule has 0 spiro atoms. The Morgan fingerprint density at radius 3 is 2.72 bits per heavy atom. The van der Waals surface area contributed by atoms with Crippen LogP contribution in [-0.4, -0.2) is 35.9 Å². The Bertz CT molecular complexity index is 418. The van der Waals surface area contributed by atoms with Crippen molar-refractivity contribution in [3.8, 4) is 0 Å². The second kappa shape index (κ2) is 6.85. The maximum absolute atomic E-state index is 11.9. The fraction of sp³-hybridized carbons (Fsp3) is 0.583. The van der Waals surface area contributed by atoms with Gasteiger partial charge in [-0.2, -0.15) is 0 Å². The van der Waals surface area contributed by atoms with Gasteiger partial charge in [0.2, 0.25) is 0 Å². The molecule has 0 unspecified atom stereocenters. The van der Waals surface area contributed by atoms with Crippen molar-refractivity contribution in [2.24, 2.45) is 0 Å². The minimum absolute atomic E-state index is 0.0633. The van der Waals surface area contributed by atoms with Crippen LogP contribution in [0.5, 0.6) is 0 Å².